The summed E-state index contributed by atoms with van der Waals surface area (Å²) in [5.41, 5.74) is 1.30. The standard InChI is InChI=1S/C16H23NO3/c1-3-4-14-6-8-15(9-7-14)20-12-11-17-16(19)10-5-13(2)18/h6-9H,3-5,10-12H2,1-2H3,(H,17,19). The van der Waals surface area contributed by atoms with Crippen molar-refractivity contribution in [2.45, 2.75) is 39.5 Å². The number of ketones is 1. The fourth-order valence-electron chi connectivity index (χ4n) is 1.78. The van der Waals surface area contributed by atoms with Gasteiger partial charge in [-0.3, -0.25) is 4.79 Å². The maximum Gasteiger partial charge on any atom is 0.220 e. The van der Waals surface area contributed by atoms with Crippen LogP contribution in [0.2, 0.25) is 0 Å². The van der Waals surface area contributed by atoms with Crippen LogP contribution in [0.25, 0.3) is 0 Å². The van der Waals surface area contributed by atoms with Gasteiger partial charge in [-0.1, -0.05) is 25.5 Å². The van der Waals surface area contributed by atoms with Crippen molar-refractivity contribution in [2.75, 3.05) is 13.2 Å². The van der Waals surface area contributed by atoms with Gasteiger partial charge in [0.2, 0.25) is 5.91 Å². The third kappa shape index (κ3) is 6.92. The normalized spacial score (nSPS) is 10.1. The van der Waals surface area contributed by atoms with Gasteiger partial charge in [-0.15, -0.1) is 0 Å². The summed E-state index contributed by atoms with van der Waals surface area (Å²) in [4.78, 5) is 22.1. The van der Waals surface area contributed by atoms with E-state index in [1.807, 2.05) is 12.1 Å². The van der Waals surface area contributed by atoms with Crippen LogP contribution in [0.15, 0.2) is 24.3 Å². The van der Waals surface area contributed by atoms with Gasteiger partial charge in [-0.25, -0.2) is 0 Å². The largest absolute Gasteiger partial charge is 0.492 e. The van der Waals surface area contributed by atoms with E-state index < -0.39 is 0 Å². The molecule has 0 saturated carbocycles. The molecular formula is C16H23NO3. The lowest BCUT2D eigenvalue weighted by Gasteiger charge is -2.08. The Kier molecular flexibility index (Phi) is 7.40. The molecule has 0 aliphatic heterocycles. The summed E-state index contributed by atoms with van der Waals surface area (Å²) in [6, 6.07) is 8.01. The van der Waals surface area contributed by atoms with E-state index in [1.54, 1.807) is 0 Å². The molecule has 110 valence electrons. The molecule has 0 aliphatic rings. The number of hydrogen-bond donors (Lipinski definition) is 1. The van der Waals surface area contributed by atoms with Crippen LogP contribution in [-0.2, 0) is 16.0 Å². The number of benzene rings is 1. The predicted octanol–water partition coefficient (Wildman–Crippen LogP) is 2.50. The molecule has 0 aliphatic carbocycles. The first-order valence-electron chi connectivity index (χ1n) is 7.09. The zero-order chi connectivity index (χ0) is 14.8. The van der Waals surface area contributed by atoms with E-state index in [2.05, 4.69) is 24.4 Å². The fourth-order valence-corrected chi connectivity index (χ4v) is 1.78. The van der Waals surface area contributed by atoms with Gasteiger partial charge in [-0.2, -0.15) is 0 Å². The molecule has 4 heteroatoms. The van der Waals surface area contributed by atoms with Crippen LogP contribution < -0.4 is 10.1 Å². The highest BCUT2D eigenvalue weighted by atomic mass is 16.5. The maximum atomic E-state index is 11.4. The second kappa shape index (κ2) is 9.13. The Morgan fingerprint density at radius 1 is 1.15 bits per heavy atom. The zero-order valence-corrected chi connectivity index (χ0v) is 12.3. The monoisotopic (exact) mass is 277 g/mol. The molecule has 0 aromatic heterocycles. The molecule has 1 aromatic rings. The number of hydrogen-bond acceptors (Lipinski definition) is 3. The van der Waals surface area contributed by atoms with Crippen LogP contribution in [-0.4, -0.2) is 24.8 Å². The fraction of sp³-hybridized carbons (Fsp3) is 0.500. The average molecular weight is 277 g/mol. The molecule has 0 atom stereocenters. The molecule has 1 amide bonds. The Morgan fingerprint density at radius 3 is 2.45 bits per heavy atom. The molecule has 0 radical (unpaired) electrons. The summed E-state index contributed by atoms with van der Waals surface area (Å²) < 4.78 is 5.53. The lowest BCUT2D eigenvalue weighted by atomic mass is 10.1. The van der Waals surface area contributed by atoms with E-state index in [1.165, 1.54) is 12.5 Å². The summed E-state index contributed by atoms with van der Waals surface area (Å²) in [6.07, 6.45) is 2.76. The molecule has 1 N–H and O–H groups in total. The van der Waals surface area contributed by atoms with Crippen molar-refractivity contribution in [3.8, 4) is 5.75 Å². The lowest BCUT2D eigenvalue weighted by molar-refractivity contribution is -0.124. The smallest absolute Gasteiger partial charge is 0.220 e. The number of Topliss-reactive ketones (excluding diaryl/α,β-unsaturated/α-hetero) is 1. The van der Waals surface area contributed by atoms with E-state index >= 15 is 0 Å². The van der Waals surface area contributed by atoms with Gasteiger partial charge < -0.3 is 14.8 Å². The minimum Gasteiger partial charge on any atom is -0.492 e. The van der Waals surface area contributed by atoms with Crippen molar-refractivity contribution in [1.82, 2.24) is 5.32 Å². The van der Waals surface area contributed by atoms with E-state index in [0.29, 0.717) is 19.6 Å². The third-order valence-corrected chi connectivity index (χ3v) is 2.86. The van der Waals surface area contributed by atoms with E-state index in [9.17, 15) is 9.59 Å². The van der Waals surface area contributed by atoms with E-state index in [0.717, 1.165) is 18.6 Å². The highest BCUT2D eigenvalue weighted by molar-refractivity contribution is 5.83. The molecule has 0 bridgehead atoms. The summed E-state index contributed by atoms with van der Waals surface area (Å²) in [7, 11) is 0. The number of carbonyl (C=O) groups excluding carboxylic acids is 2. The topological polar surface area (TPSA) is 55.4 Å². The molecule has 4 nitrogen and oxygen atoms in total. The van der Waals surface area contributed by atoms with Crippen molar-refractivity contribution < 1.29 is 14.3 Å². The Balaban J connectivity index is 2.17. The van der Waals surface area contributed by atoms with Crippen molar-refractivity contribution in [2.24, 2.45) is 0 Å². The Bertz CT molecular complexity index is 426. The Hall–Kier alpha value is -1.84. The first-order chi connectivity index (χ1) is 9.61. The average Bonchev–Trinajstić information content (AvgIpc) is 2.43. The second-order valence-corrected chi connectivity index (χ2v) is 4.79. The number of nitrogens with one attached hydrogen (secondary N) is 1. The second-order valence-electron chi connectivity index (χ2n) is 4.79. The van der Waals surface area contributed by atoms with E-state index in [4.69, 9.17) is 4.74 Å². The van der Waals surface area contributed by atoms with Crippen LogP contribution >= 0.6 is 0 Å². The molecule has 0 fully saturated rings. The summed E-state index contributed by atoms with van der Waals surface area (Å²) in [5, 5.41) is 2.72. The van der Waals surface area contributed by atoms with E-state index in [-0.39, 0.29) is 18.1 Å². The van der Waals surface area contributed by atoms with Crippen LogP contribution in [0.1, 0.15) is 38.7 Å². The number of carbonyl (C=O) groups is 2. The molecule has 0 heterocycles. The van der Waals surface area contributed by atoms with Gasteiger partial charge in [0.25, 0.3) is 0 Å². The van der Waals surface area contributed by atoms with Crippen molar-refractivity contribution in [3.05, 3.63) is 29.8 Å². The van der Waals surface area contributed by atoms with Crippen molar-refractivity contribution in [3.63, 3.8) is 0 Å². The SMILES string of the molecule is CCCc1ccc(OCCNC(=O)CCC(C)=O)cc1. The van der Waals surface area contributed by atoms with Crippen molar-refractivity contribution in [1.29, 1.82) is 0 Å². The first kappa shape index (κ1) is 16.2. The summed E-state index contributed by atoms with van der Waals surface area (Å²) in [5.74, 6) is 0.730. The van der Waals surface area contributed by atoms with Crippen LogP contribution in [0, 0.1) is 0 Å². The van der Waals surface area contributed by atoms with Crippen LogP contribution in [0.3, 0.4) is 0 Å². The van der Waals surface area contributed by atoms with Crippen LogP contribution in [0.4, 0.5) is 0 Å². The maximum absolute atomic E-state index is 11.4. The van der Waals surface area contributed by atoms with Crippen LogP contribution in [0.5, 0.6) is 5.75 Å². The number of amides is 1. The predicted molar refractivity (Wildman–Crippen MR) is 78.9 cm³/mol. The number of aryl methyl sites for hydroxylation is 1. The van der Waals surface area contributed by atoms with Gasteiger partial charge in [0.15, 0.2) is 0 Å². The van der Waals surface area contributed by atoms with Crippen molar-refractivity contribution >= 4 is 11.7 Å². The highest BCUT2D eigenvalue weighted by Crippen LogP contribution is 2.12. The van der Waals surface area contributed by atoms with Gasteiger partial charge in [-0.05, 0) is 31.0 Å². The minimum absolute atomic E-state index is 0.0311. The third-order valence-electron chi connectivity index (χ3n) is 2.86. The zero-order valence-electron chi connectivity index (χ0n) is 12.3. The molecular weight excluding hydrogens is 254 g/mol. The van der Waals surface area contributed by atoms with Gasteiger partial charge in [0, 0.05) is 12.8 Å². The number of rotatable bonds is 9. The van der Waals surface area contributed by atoms with Gasteiger partial charge >= 0.3 is 0 Å². The molecule has 1 rings (SSSR count). The molecule has 0 saturated heterocycles. The highest BCUT2D eigenvalue weighted by Gasteiger charge is 2.02. The Labute approximate surface area is 120 Å². The Morgan fingerprint density at radius 2 is 1.85 bits per heavy atom. The molecule has 1 aromatic carbocycles. The van der Waals surface area contributed by atoms with Gasteiger partial charge in [0.05, 0.1) is 6.54 Å². The summed E-state index contributed by atoms with van der Waals surface area (Å²) in [6.45, 7) is 4.52. The minimum atomic E-state index is -0.109. The lowest BCUT2D eigenvalue weighted by Crippen LogP contribution is -2.28. The molecule has 0 spiro atoms. The van der Waals surface area contributed by atoms with Gasteiger partial charge in [0.1, 0.15) is 18.1 Å². The quantitative estimate of drug-likeness (QED) is 0.706. The molecule has 20 heavy (non-hydrogen) atoms. The molecule has 0 unspecified atom stereocenters. The summed E-state index contributed by atoms with van der Waals surface area (Å²) >= 11 is 0. The first-order valence-corrected chi connectivity index (χ1v) is 7.09. The number of ether oxygens (including phenoxy) is 1.